The number of hydrogen-bond acceptors (Lipinski definition) is 2. The standard InChI is InChI=1S/C12H10Cl2N2/c13-10-4-9(5-11(14)6-10)12(15)8-2-1-3-16-7-8/h1-7,12H,15H2. The second-order valence-corrected chi connectivity index (χ2v) is 4.34. The normalized spacial score (nSPS) is 12.4. The van der Waals surface area contributed by atoms with Crippen molar-refractivity contribution in [2.24, 2.45) is 5.73 Å². The van der Waals surface area contributed by atoms with E-state index in [0.717, 1.165) is 11.1 Å². The second kappa shape index (κ2) is 4.83. The SMILES string of the molecule is NC(c1cccnc1)c1cc(Cl)cc(Cl)c1. The van der Waals surface area contributed by atoms with Crippen molar-refractivity contribution in [3.63, 3.8) is 0 Å². The molecule has 0 radical (unpaired) electrons. The van der Waals surface area contributed by atoms with Crippen molar-refractivity contribution >= 4 is 23.2 Å². The maximum Gasteiger partial charge on any atom is 0.0567 e. The smallest absolute Gasteiger partial charge is 0.0567 e. The van der Waals surface area contributed by atoms with E-state index in [-0.39, 0.29) is 6.04 Å². The molecule has 2 rings (SSSR count). The zero-order valence-electron chi connectivity index (χ0n) is 8.40. The van der Waals surface area contributed by atoms with Crippen LogP contribution in [0.15, 0.2) is 42.7 Å². The van der Waals surface area contributed by atoms with Gasteiger partial charge in [-0.05, 0) is 35.4 Å². The van der Waals surface area contributed by atoms with Crippen LogP contribution in [-0.2, 0) is 0 Å². The Kier molecular flexibility index (Phi) is 3.44. The number of nitrogens with zero attached hydrogens (tertiary/aromatic N) is 1. The number of nitrogens with two attached hydrogens (primary N) is 1. The molecule has 0 saturated carbocycles. The predicted molar refractivity (Wildman–Crippen MR) is 66.7 cm³/mol. The monoisotopic (exact) mass is 252 g/mol. The molecule has 16 heavy (non-hydrogen) atoms. The van der Waals surface area contributed by atoms with Crippen molar-refractivity contribution in [3.05, 3.63) is 63.9 Å². The van der Waals surface area contributed by atoms with Crippen LogP contribution in [0.25, 0.3) is 0 Å². The van der Waals surface area contributed by atoms with Gasteiger partial charge in [-0.3, -0.25) is 4.98 Å². The average molecular weight is 253 g/mol. The molecule has 0 aliphatic rings. The number of pyridine rings is 1. The Labute approximate surface area is 104 Å². The fraction of sp³-hybridized carbons (Fsp3) is 0.0833. The molecule has 2 N–H and O–H groups in total. The summed E-state index contributed by atoms with van der Waals surface area (Å²) < 4.78 is 0. The number of halogens is 2. The minimum absolute atomic E-state index is 0.259. The molecule has 2 nitrogen and oxygen atoms in total. The molecule has 1 unspecified atom stereocenters. The molecule has 0 bridgehead atoms. The van der Waals surface area contributed by atoms with Crippen LogP contribution in [-0.4, -0.2) is 4.98 Å². The van der Waals surface area contributed by atoms with Crippen LogP contribution in [0.5, 0.6) is 0 Å². The molecule has 1 aromatic heterocycles. The minimum Gasteiger partial charge on any atom is -0.320 e. The van der Waals surface area contributed by atoms with E-state index in [4.69, 9.17) is 28.9 Å². The van der Waals surface area contributed by atoms with Crippen molar-refractivity contribution in [2.45, 2.75) is 6.04 Å². The van der Waals surface area contributed by atoms with Gasteiger partial charge in [0.15, 0.2) is 0 Å². The fourth-order valence-corrected chi connectivity index (χ4v) is 2.05. The van der Waals surface area contributed by atoms with Crippen molar-refractivity contribution in [1.29, 1.82) is 0 Å². The van der Waals surface area contributed by atoms with E-state index in [2.05, 4.69) is 4.98 Å². The lowest BCUT2D eigenvalue weighted by Crippen LogP contribution is -2.11. The highest BCUT2D eigenvalue weighted by Gasteiger charge is 2.10. The molecule has 0 aliphatic carbocycles. The molecular weight excluding hydrogens is 243 g/mol. The van der Waals surface area contributed by atoms with E-state index in [1.54, 1.807) is 18.5 Å². The zero-order chi connectivity index (χ0) is 11.5. The van der Waals surface area contributed by atoms with E-state index in [0.29, 0.717) is 10.0 Å². The van der Waals surface area contributed by atoms with Gasteiger partial charge in [0.1, 0.15) is 0 Å². The summed E-state index contributed by atoms with van der Waals surface area (Å²) in [7, 11) is 0. The average Bonchev–Trinajstić information content (AvgIpc) is 2.28. The summed E-state index contributed by atoms with van der Waals surface area (Å²) >= 11 is 11.9. The van der Waals surface area contributed by atoms with Crippen LogP contribution in [0.3, 0.4) is 0 Å². The summed E-state index contributed by atoms with van der Waals surface area (Å²) in [5, 5.41) is 1.17. The summed E-state index contributed by atoms with van der Waals surface area (Å²) in [6.45, 7) is 0. The van der Waals surface area contributed by atoms with Crippen LogP contribution in [0, 0.1) is 0 Å². The second-order valence-electron chi connectivity index (χ2n) is 3.47. The van der Waals surface area contributed by atoms with E-state index in [1.165, 1.54) is 0 Å². The zero-order valence-corrected chi connectivity index (χ0v) is 9.91. The van der Waals surface area contributed by atoms with Gasteiger partial charge in [-0.1, -0.05) is 29.3 Å². The van der Waals surface area contributed by atoms with E-state index < -0.39 is 0 Å². The fourth-order valence-electron chi connectivity index (χ4n) is 1.51. The summed E-state index contributed by atoms with van der Waals surface area (Å²) in [4.78, 5) is 4.03. The Morgan fingerprint density at radius 2 is 1.75 bits per heavy atom. The first-order chi connectivity index (χ1) is 7.66. The molecule has 1 atom stereocenters. The van der Waals surface area contributed by atoms with Gasteiger partial charge in [-0.15, -0.1) is 0 Å². The number of benzene rings is 1. The van der Waals surface area contributed by atoms with Crippen LogP contribution >= 0.6 is 23.2 Å². The Balaban J connectivity index is 2.37. The van der Waals surface area contributed by atoms with Crippen LogP contribution in [0.4, 0.5) is 0 Å². The lowest BCUT2D eigenvalue weighted by Gasteiger charge is -2.12. The third kappa shape index (κ3) is 2.53. The molecule has 0 spiro atoms. The Hall–Kier alpha value is -1.09. The highest BCUT2D eigenvalue weighted by atomic mass is 35.5. The summed E-state index contributed by atoms with van der Waals surface area (Å²) in [6, 6.07) is 8.82. The van der Waals surface area contributed by atoms with Crippen LogP contribution in [0.1, 0.15) is 17.2 Å². The van der Waals surface area contributed by atoms with Gasteiger partial charge in [-0.25, -0.2) is 0 Å². The summed E-state index contributed by atoms with van der Waals surface area (Å²) in [5.74, 6) is 0. The highest BCUT2D eigenvalue weighted by molar-refractivity contribution is 6.34. The molecule has 0 saturated heterocycles. The van der Waals surface area contributed by atoms with Gasteiger partial charge in [0.05, 0.1) is 6.04 Å². The first kappa shape index (κ1) is 11.4. The number of rotatable bonds is 2. The third-order valence-electron chi connectivity index (χ3n) is 2.29. The molecule has 1 aromatic carbocycles. The van der Waals surface area contributed by atoms with Gasteiger partial charge >= 0.3 is 0 Å². The Morgan fingerprint density at radius 1 is 1.06 bits per heavy atom. The van der Waals surface area contributed by atoms with Crippen molar-refractivity contribution in [2.75, 3.05) is 0 Å². The maximum atomic E-state index is 6.10. The molecule has 0 fully saturated rings. The van der Waals surface area contributed by atoms with E-state index >= 15 is 0 Å². The molecule has 82 valence electrons. The summed E-state index contributed by atoms with van der Waals surface area (Å²) in [6.07, 6.45) is 3.45. The number of aromatic nitrogens is 1. The largest absolute Gasteiger partial charge is 0.320 e. The van der Waals surface area contributed by atoms with Gasteiger partial charge in [-0.2, -0.15) is 0 Å². The van der Waals surface area contributed by atoms with Gasteiger partial charge in [0.2, 0.25) is 0 Å². The van der Waals surface area contributed by atoms with Gasteiger partial charge in [0, 0.05) is 22.4 Å². The molecule has 0 amide bonds. The molecule has 0 aliphatic heterocycles. The van der Waals surface area contributed by atoms with E-state index in [9.17, 15) is 0 Å². The first-order valence-electron chi connectivity index (χ1n) is 4.78. The van der Waals surface area contributed by atoms with Crippen molar-refractivity contribution < 1.29 is 0 Å². The third-order valence-corrected chi connectivity index (χ3v) is 2.72. The van der Waals surface area contributed by atoms with E-state index in [1.807, 2.05) is 24.3 Å². The molecule has 1 heterocycles. The molecular formula is C12H10Cl2N2. The Morgan fingerprint density at radius 3 is 2.31 bits per heavy atom. The Bertz CT molecular complexity index is 465. The van der Waals surface area contributed by atoms with Crippen molar-refractivity contribution in [3.8, 4) is 0 Å². The quantitative estimate of drug-likeness (QED) is 0.890. The lowest BCUT2D eigenvalue weighted by molar-refractivity contribution is 0.863. The van der Waals surface area contributed by atoms with Crippen LogP contribution < -0.4 is 5.73 Å². The van der Waals surface area contributed by atoms with Gasteiger partial charge in [0.25, 0.3) is 0 Å². The van der Waals surface area contributed by atoms with Crippen LogP contribution in [0.2, 0.25) is 10.0 Å². The predicted octanol–water partition coefficient (Wildman–Crippen LogP) is 3.44. The topological polar surface area (TPSA) is 38.9 Å². The number of hydrogen-bond donors (Lipinski definition) is 1. The maximum absolute atomic E-state index is 6.10. The molecule has 4 heteroatoms. The minimum atomic E-state index is -0.259. The lowest BCUT2D eigenvalue weighted by atomic mass is 10.0. The summed E-state index contributed by atoms with van der Waals surface area (Å²) in [5.41, 5.74) is 7.91. The first-order valence-corrected chi connectivity index (χ1v) is 5.54. The highest BCUT2D eigenvalue weighted by Crippen LogP contribution is 2.25. The molecule has 2 aromatic rings. The van der Waals surface area contributed by atoms with Gasteiger partial charge < -0.3 is 5.73 Å². The van der Waals surface area contributed by atoms with Crippen molar-refractivity contribution in [1.82, 2.24) is 4.98 Å².